The molecule has 0 bridgehead atoms. The number of rotatable bonds is 6. The van der Waals surface area contributed by atoms with Crippen molar-refractivity contribution < 1.29 is 17.6 Å². The number of hydrogen-bond acceptors (Lipinski definition) is 6. The van der Waals surface area contributed by atoms with E-state index in [1.165, 1.54) is 12.1 Å². The standard InChI is InChI=1S/C16H21FN6O3S/c1-10-3-4-13(17)15(5-10)27(25,26)20-7-11-9-23(22-21-11)12-6-14(19-8-12)16(24)18-2/h3-5,9,12,14,19-20H,6-8H2,1-2H3,(H,18,24)/t12-,14-/m0/s1. The maximum Gasteiger partial charge on any atom is 0.243 e. The molecule has 0 spiro atoms. The lowest BCUT2D eigenvalue weighted by Crippen LogP contribution is -2.38. The number of benzene rings is 1. The molecule has 1 amide bonds. The van der Waals surface area contributed by atoms with Gasteiger partial charge in [0.2, 0.25) is 15.9 Å². The Labute approximate surface area is 156 Å². The summed E-state index contributed by atoms with van der Waals surface area (Å²) in [4.78, 5) is 11.3. The fourth-order valence-electron chi connectivity index (χ4n) is 2.93. The normalized spacial score (nSPS) is 20.0. The number of aromatic nitrogens is 3. The van der Waals surface area contributed by atoms with Gasteiger partial charge >= 0.3 is 0 Å². The van der Waals surface area contributed by atoms with Crippen molar-refractivity contribution in [3.8, 4) is 0 Å². The first-order chi connectivity index (χ1) is 12.8. The summed E-state index contributed by atoms with van der Waals surface area (Å²) >= 11 is 0. The third-order valence-electron chi connectivity index (χ3n) is 4.42. The Hall–Kier alpha value is -2.37. The third kappa shape index (κ3) is 4.31. The van der Waals surface area contributed by atoms with Crippen molar-refractivity contribution in [2.75, 3.05) is 13.6 Å². The van der Waals surface area contributed by atoms with E-state index in [4.69, 9.17) is 0 Å². The zero-order valence-corrected chi connectivity index (χ0v) is 15.8. The molecule has 11 heteroatoms. The lowest BCUT2D eigenvalue weighted by Gasteiger charge is -2.09. The van der Waals surface area contributed by atoms with Crippen molar-refractivity contribution in [3.05, 3.63) is 41.5 Å². The molecular formula is C16H21FN6O3S. The molecule has 1 saturated heterocycles. The second-order valence-corrected chi connectivity index (χ2v) is 8.15. The van der Waals surface area contributed by atoms with Gasteiger partial charge in [0.05, 0.1) is 30.5 Å². The molecule has 0 saturated carbocycles. The Morgan fingerprint density at radius 3 is 2.96 bits per heavy atom. The Morgan fingerprint density at radius 1 is 1.44 bits per heavy atom. The second-order valence-electron chi connectivity index (χ2n) is 6.41. The molecule has 146 valence electrons. The average molecular weight is 396 g/mol. The van der Waals surface area contributed by atoms with Crippen LogP contribution in [0, 0.1) is 12.7 Å². The van der Waals surface area contributed by atoms with Gasteiger partial charge in [0.1, 0.15) is 10.7 Å². The summed E-state index contributed by atoms with van der Waals surface area (Å²) in [6.45, 7) is 2.13. The number of sulfonamides is 1. The summed E-state index contributed by atoms with van der Waals surface area (Å²) in [5.41, 5.74) is 1.04. The molecule has 3 rings (SSSR count). The van der Waals surface area contributed by atoms with E-state index in [1.807, 2.05) is 0 Å². The van der Waals surface area contributed by atoms with Crippen LogP contribution in [0.2, 0.25) is 0 Å². The van der Waals surface area contributed by atoms with E-state index in [2.05, 4.69) is 25.7 Å². The highest BCUT2D eigenvalue weighted by atomic mass is 32.2. The number of halogens is 1. The molecule has 0 unspecified atom stereocenters. The van der Waals surface area contributed by atoms with Crippen LogP contribution in [0.1, 0.15) is 23.7 Å². The summed E-state index contributed by atoms with van der Waals surface area (Å²) in [6, 6.07) is 3.55. The van der Waals surface area contributed by atoms with Crippen molar-refractivity contribution in [3.63, 3.8) is 0 Å². The van der Waals surface area contributed by atoms with E-state index in [1.54, 1.807) is 24.9 Å². The quantitative estimate of drug-likeness (QED) is 0.625. The van der Waals surface area contributed by atoms with E-state index in [0.717, 1.165) is 6.07 Å². The van der Waals surface area contributed by atoms with Crippen LogP contribution in [-0.4, -0.2) is 49.0 Å². The van der Waals surface area contributed by atoms with Gasteiger partial charge in [-0.25, -0.2) is 22.2 Å². The summed E-state index contributed by atoms with van der Waals surface area (Å²) in [6.07, 6.45) is 2.18. The third-order valence-corrected chi connectivity index (χ3v) is 5.84. The van der Waals surface area contributed by atoms with Crippen molar-refractivity contribution in [2.24, 2.45) is 0 Å². The van der Waals surface area contributed by atoms with Crippen LogP contribution in [0.4, 0.5) is 4.39 Å². The summed E-state index contributed by atoms with van der Waals surface area (Å²) in [7, 11) is -2.43. The Bertz CT molecular complexity index is 945. The van der Waals surface area contributed by atoms with Gasteiger partial charge < -0.3 is 10.6 Å². The Kier molecular flexibility index (Phi) is 5.53. The van der Waals surface area contributed by atoms with Crippen molar-refractivity contribution in [1.29, 1.82) is 0 Å². The molecule has 0 radical (unpaired) electrons. The first-order valence-electron chi connectivity index (χ1n) is 8.41. The zero-order chi connectivity index (χ0) is 19.6. The molecule has 1 fully saturated rings. The van der Waals surface area contributed by atoms with Gasteiger partial charge in [-0.05, 0) is 31.0 Å². The zero-order valence-electron chi connectivity index (χ0n) is 14.9. The van der Waals surface area contributed by atoms with Crippen molar-refractivity contribution in [1.82, 2.24) is 30.3 Å². The number of likely N-dealkylation sites (N-methyl/N-ethyl adjacent to an activating group) is 1. The van der Waals surface area contributed by atoms with Crippen LogP contribution in [0.25, 0.3) is 0 Å². The fourth-order valence-corrected chi connectivity index (χ4v) is 4.09. The number of carbonyl (C=O) groups is 1. The summed E-state index contributed by atoms with van der Waals surface area (Å²) in [5, 5.41) is 13.7. The lowest BCUT2D eigenvalue weighted by atomic mass is 10.1. The Balaban J connectivity index is 1.65. The predicted octanol–water partition coefficient (Wildman–Crippen LogP) is -0.147. The maximum absolute atomic E-state index is 13.8. The van der Waals surface area contributed by atoms with Crippen LogP contribution in [0.3, 0.4) is 0 Å². The van der Waals surface area contributed by atoms with Crippen molar-refractivity contribution in [2.45, 2.75) is 36.9 Å². The highest BCUT2D eigenvalue weighted by Crippen LogP contribution is 2.19. The highest BCUT2D eigenvalue weighted by molar-refractivity contribution is 7.89. The van der Waals surface area contributed by atoms with Gasteiger partial charge in [-0.15, -0.1) is 5.10 Å². The smallest absolute Gasteiger partial charge is 0.243 e. The van der Waals surface area contributed by atoms with Crippen LogP contribution in [-0.2, 0) is 21.4 Å². The number of nitrogens with zero attached hydrogens (tertiary/aromatic N) is 3. The van der Waals surface area contributed by atoms with Gasteiger partial charge in [-0.2, -0.15) is 0 Å². The molecule has 1 aromatic heterocycles. The molecule has 27 heavy (non-hydrogen) atoms. The highest BCUT2D eigenvalue weighted by Gasteiger charge is 2.30. The maximum atomic E-state index is 13.8. The first-order valence-corrected chi connectivity index (χ1v) is 9.90. The predicted molar refractivity (Wildman–Crippen MR) is 94.7 cm³/mol. The van der Waals surface area contributed by atoms with Crippen LogP contribution >= 0.6 is 0 Å². The van der Waals surface area contributed by atoms with E-state index in [9.17, 15) is 17.6 Å². The minimum atomic E-state index is -4.01. The van der Waals surface area contributed by atoms with E-state index in [-0.39, 0.29) is 24.5 Å². The molecule has 0 aliphatic carbocycles. The minimum Gasteiger partial charge on any atom is -0.358 e. The molecule has 9 nitrogen and oxygen atoms in total. The van der Waals surface area contributed by atoms with E-state index < -0.39 is 20.7 Å². The average Bonchev–Trinajstić information content (AvgIpc) is 3.30. The Morgan fingerprint density at radius 2 is 2.22 bits per heavy atom. The van der Waals surface area contributed by atoms with Gasteiger partial charge in [-0.1, -0.05) is 11.3 Å². The SMILES string of the molecule is CNC(=O)[C@@H]1C[C@H](n2cc(CNS(=O)(=O)c3cc(C)ccc3F)nn2)CN1. The molecule has 3 N–H and O–H groups in total. The molecule has 1 aliphatic rings. The molecule has 1 aromatic carbocycles. The molecular weight excluding hydrogens is 375 g/mol. The van der Waals surface area contributed by atoms with Crippen LogP contribution in [0.15, 0.2) is 29.3 Å². The van der Waals surface area contributed by atoms with Gasteiger partial charge in [0.25, 0.3) is 0 Å². The van der Waals surface area contributed by atoms with Crippen LogP contribution < -0.4 is 15.4 Å². The topological polar surface area (TPSA) is 118 Å². The van der Waals surface area contributed by atoms with Crippen LogP contribution in [0.5, 0.6) is 0 Å². The summed E-state index contributed by atoms with van der Waals surface area (Å²) in [5.74, 6) is -0.903. The molecule has 2 aromatic rings. The number of amides is 1. The largest absolute Gasteiger partial charge is 0.358 e. The molecule has 2 heterocycles. The van der Waals surface area contributed by atoms with Gasteiger partial charge in [0, 0.05) is 13.6 Å². The van der Waals surface area contributed by atoms with E-state index in [0.29, 0.717) is 24.2 Å². The fraction of sp³-hybridized carbons (Fsp3) is 0.438. The molecule has 2 atom stereocenters. The van der Waals surface area contributed by atoms with Gasteiger partial charge in [0.15, 0.2) is 0 Å². The monoisotopic (exact) mass is 396 g/mol. The number of aryl methyl sites for hydroxylation is 1. The number of carbonyl (C=O) groups excluding carboxylic acids is 1. The van der Waals surface area contributed by atoms with Crippen molar-refractivity contribution >= 4 is 15.9 Å². The number of nitrogens with one attached hydrogen (secondary N) is 3. The second kappa shape index (κ2) is 7.71. The minimum absolute atomic E-state index is 0.0561. The van der Waals surface area contributed by atoms with Gasteiger partial charge in [-0.3, -0.25) is 4.79 Å². The van der Waals surface area contributed by atoms with E-state index >= 15 is 0 Å². The number of hydrogen-bond donors (Lipinski definition) is 3. The summed E-state index contributed by atoms with van der Waals surface area (Å²) < 4.78 is 42.4. The molecule has 1 aliphatic heterocycles. The lowest BCUT2D eigenvalue weighted by molar-refractivity contribution is -0.122. The first kappa shape index (κ1) is 19.4.